The number of anilines is 1. The maximum Gasteiger partial charge on any atom is 0.245 e. The third kappa shape index (κ3) is 2.41. The summed E-state index contributed by atoms with van der Waals surface area (Å²) in [5, 5.41) is 0.691. The number of nitrogen functional groups attached to an aromatic ring is 1. The molecule has 1 unspecified atom stereocenters. The Hall–Kier alpha value is -1.57. The van der Waals surface area contributed by atoms with Crippen LogP contribution in [0, 0.1) is 0 Å². The van der Waals surface area contributed by atoms with Crippen molar-refractivity contribution in [3.63, 3.8) is 0 Å². The van der Waals surface area contributed by atoms with E-state index < -0.39 is 10.0 Å². The lowest BCUT2D eigenvalue weighted by atomic mass is 10.2. The van der Waals surface area contributed by atoms with Crippen LogP contribution in [0.2, 0.25) is 0 Å². The van der Waals surface area contributed by atoms with Crippen LogP contribution in [0.5, 0.6) is 0 Å². The minimum Gasteiger partial charge on any atom is -0.399 e. The molecule has 21 heavy (non-hydrogen) atoms. The van der Waals surface area contributed by atoms with Gasteiger partial charge in [0.1, 0.15) is 4.90 Å². The number of aromatic nitrogens is 1. The molecule has 1 aliphatic heterocycles. The second-order valence-corrected chi connectivity index (χ2v) is 7.56. The average molecular weight is 308 g/mol. The van der Waals surface area contributed by atoms with E-state index >= 15 is 0 Å². The number of nitrogens with one attached hydrogen (secondary N) is 1. The molecule has 0 saturated carbocycles. The number of benzene rings is 1. The first-order valence-corrected chi connectivity index (χ1v) is 8.40. The van der Waals surface area contributed by atoms with Gasteiger partial charge in [-0.1, -0.05) is 0 Å². The number of piperazine rings is 1. The fourth-order valence-corrected chi connectivity index (χ4v) is 4.38. The molecule has 0 aliphatic carbocycles. The molecule has 2 aromatic rings. The molecule has 2 heterocycles. The van der Waals surface area contributed by atoms with E-state index in [0.717, 1.165) is 12.1 Å². The summed E-state index contributed by atoms with van der Waals surface area (Å²) in [4.78, 5) is 5.49. The molecule has 114 valence electrons. The van der Waals surface area contributed by atoms with Crippen molar-refractivity contribution in [1.29, 1.82) is 0 Å². The van der Waals surface area contributed by atoms with Gasteiger partial charge in [-0.25, -0.2) is 8.42 Å². The number of rotatable bonds is 2. The molecule has 6 nitrogen and oxygen atoms in total. The zero-order valence-corrected chi connectivity index (χ0v) is 13.0. The fourth-order valence-electron chi connectivity index (χ4n) is 2.70. The van der Waals surface area contributed by atoms with Crippen molar-refractivity contribution in [2.45, 2.75) is 17.9 Å². The van der Waals surface area contributed by atoms with E-state index in [-0.39, 0.29) is 6.04 Å². The predicted octanol–water partition coefficient (Wildman–Crippen LogP) is 1.07. The van der Waals surface area contributed by atoms with Gasteiger partial charge in [-0.3, -0.25) is 0 Å². The highest BCUT2D eigenvalue weighted by Gasteiger charge is 2.32. The van der Waals surface area contributed by atoms with E-state index in [1.165, 1.54) is 0 Å². The molecule has 1 aromatic carbocycles. The topological polar surface area (TPSA) is 82.4 Å². The van der Waals surface area contributed by atoms with E-state index in [0.29, 0.717) is 29.1 Å². The summed E-state index contributed by atoms with van der Waals surface area (Å²) < 4.78 is 27.3. The third-order valence-corrected chi connectivity index (χ3v) is 6.11. The SMILES string of the molecule is CC1CN(S(=O)(=O)c2c[nH]c3cc(N)ccc23)CCN1C. The summed E-state index contributed by atoms with van der Waals surface area (Å²) in [5.41, 5.74) is 7.09. The van der Waals surface area contributed by atoms with Crippen molar-refractivity contribution in [2.75, 3.05) is 32.4 Å². The highest BCUT2D eigenvalue weighted by molar-refractivity contribution is 7.89. The number of fused-ring (bicyclic) bond motifs is 1. The Morgan fingerprint density at radius 2 is 2.10 bits per heavy atom. The lowest BCUT2D eigenvalue weighted by molar-refractivity contribution is 0.159. The molecule has 0 radical (unpaired) electrons. The highest BCUT2D eigenvalue weighted by Crippen LogP contribution is 2.28. The second-order valence-electron chi connectivity index (χ2n) is 5.65. The Kier molecular flexibility index (Phi) is 3.43. The first kappa shape index (κ1) is 14.4. The monoisotopic (exact) mass is 308 g/mol. The molecule has 1 fully saturated rings. The summed E-state index contributed by atoms with van der Waals surface area (Å²) in [6.07, 6.45) is 1.56. The number of hydrogen-bond donors (Lipinski definition) is 2. The molecule has 0 bridgehead atoms. The van der Waals surface area contributed by atoms with E-state index in [2.05, 4.69) is 9.88 Å². The van der Waals surface area contributed by atoms with Crippen LogP contribution in [-0.2, 0) is 10.0 Å². The van der Waals surface area contributed by atoms with Crippen molar-refractivity contribution in [3.8, 4) is 0 Å². The van der Waals surface area contributed by atoms with Gasteiger partial charge < -0.3 is 15.6 Å². The summed E-state index contributed by atoms with van der Waals surface area (Å²) in [6, 6.07) is 5.45. The molecule has 1 aliphatic rings. The normalized spacial score (nSPS) is 21.9. The number of hydrogen-bond acceptors (Lipinski definition) is 4. The van der Waals surface area contributed by atoms with Gasteiger partial charge in [0.2, 0.25) is 10.0 Å². The number of sulfonamides is 1. The summed E-state index contributed by atoms with van der Waals surface area (Å²) >= 11 is 0. The van der Waals surface area contributed by atoms with Crippen LogP contribution < -0.4 is 5.73 Å². The van der Waals surface area contributed by atoms with Crippen LogP contribution in [0.15, 0.2) is 29.3 Å². The Bertz CT molecular complexity index is 768. The molecule has 1 atom stereocenters. The minimum absolute atomic E-state index is 0.217. The second kappa shape index (κ2) is 5.01. The van der Waals surface area contributed by atoms with E-state index in [4.69, 9.17) is 5.73 Å². The molecule has 1 aromatic heterocycles. The number of likely N-dealkylation sites (N-methyl/N-ethyl adjacent to an activating group) is 1. The molecule has 3 rings (SSSR count). The first-order valence-electron chi connectivity index (χ1n) is 6.96. The third-order valence-electron chi connectivity index (χ3n) is 4.21. The number of aromatic amines is 1. The van der Waals surface area contributed by atoms with Crippen LogP contribution in [0.25, 0.3) is 10.9 Å². The zero-order valence-electron chi connectivity index (χ0n) is 12.2. The quantitative estimate of drug-likeness (QED) is 0.813. The molecular formula is C14H20N4O2S. The summed E-state index contributed by atoms with van der Waals surface area (Å²) in [6.45, 7) is 3.82. The Morgan fingerprint density at radius 1 is 1.33 bits per heavy atom. The predicted molar refractivity (Wildman–Crippen MR) is 83.6 cm³/mol. The number of nitrogens with two attached hydrogens (primary N) is 1. The van der Waals surface area contributed by atoms with Crippen LogP contribution >= 0.6 is 0 Å². The fraction of sp³-hybridized carbons (Fsp3) is 0.429. The van der Waals surface area contributed by atoms with Crippen molar-refractivity contribution in [2.24, 2.45) is 0 Å². The number of nitrogens with zero attached hydrogens (tertiary/aromatic N) is 2. The van der Waals surface area contributed by atoms with E-state index in [1.54, 1.807) is 28.7 Å². The van der Waals surface area contributed by atoms with Gasteiger partial charge >= 0.3 is 0 Å². The lowest BCUT2D eigenvalue weighted by Crippen LogP contribution is -2.51. The van der Waals surface area contributed by atoms with Crippen LogP contribution in [0.1, 0.15) is 6.92 Å². The smallest absolute Gasteiger partial charge is 0.245 e. The molecular weight excluding hydrogens is 288 g/mol. The lowest BCUT2D eigenvalue weighted by Gasteiger charge is -2.36. The van der Waals surface area contributed by atoms with Crippen molar-refractivity contribution >= 4 is 26.6 Å². The largest absolute Gasteiger partial charge is 0.399 e. The van der Waals surface area contributed by atoms with Gasteiger partial charge in [0.25, 0.3) is 0 Å². The summed E-state index contributed by atoms with van der Waals surface area (Å²) in [5.74, 6) is 0. The van der Waals surface area contributed by atoms with E-state index in [9.17, 15) is 8.42 Å². The highest BCUT2D eigenvalue weighted by atomic mass is 32.2. The van der Waals surface area contributed by atoms with Crippen molar-refractivity contribution in [1.82, 2.24) is 14.2 Å². The molecule has 7 heteroatoms. The van der Waals surface area contributed by atoms with Gasteiger partial charge in [0, 0.05) is 48.5 Å². The van der Waals surface area contributed by atoms with E-state index in [1.807, 2.05) is 14.0 Å². The zero-order chi connectivity index (χ0) is 15.2. The molecule has 3 N–H and O–H groups in total. The maximum absolute atomic E-state index is 12.9. The Morgan fingerprint density at radius 3 is 2.81 bits per heavy atom. The van der Waals surface area contributed by atoms with Crippen LogP contribution in [0.3, 0.4) is 0 Å². The van der Waals surface area contributed by atoms with Gasteiger partial charge in [-0.2, -0.15) is 4.31 Å². The van der Waals surface area contributed by atoms with Crippen molar-refractivity contribution < 1.29 is 8.42 Å². The average Bonchev–Trinajstić information content (AvgIpc) is 2.85. The Labute approximate surface area is 124 Å². The molecule has 0 spiro atoms. The van der Waals surface area contributed by atoms with Crippen LogP contribution in [-0.4, -0.2) is 55.3 Å². The van der Waals surface area contributed by atoms with Gasteiger partial charge in [0.15, 0.2) is 0 Å². The Balaban J connectivity index is 2.01. The standard InChI is InChI=1S/C14H20N4O2S/c1-10-9-18(6-5-17(10)2)21(19,20)14-8-16-13-7-11(15)3-4-12(13)14/h3-4,7-8,10,16H,5-6,9,15H2,1-2H3. The first-order chi connectivity index (χ1) is 9.89. The maximum atomic E-state index is 12.9. The van der Waals surface area contributed by atoms with Gasteiger partial charge in [0.05, 0.1) is 0 Å². The van der Waals surface area contributed by atoms with Gasteiger partial charge in [-0.05, 0) is 32.2 Å². The minimum atomic E-state index is -3.48. The number of H-pyrrole nitrogens is 1. The summed E-state index contributed by atoms with van der Waals surface area (Å²) in [7, 11) is -1.46. The van der Waals surface area contributed by atoms with Crippen molar-refractivity contribution in [3.05, 3.63) is 24.4 Å². The molecule has 0 amide bonds. The van der Waals surface area contributed by atoms with Crippen LogP contribution in [0.4, 0.5) is 5.69 Å². The van der Waals surface area contributed by atoms with Gasteiger partial charge in [-0.15, -0.1) is 0 Å². The molecule has 1 saturated heterocycles.